The van der Waals surface area contributed by atoms with Gasteiger partial charge in [-0.2, -0.15) is 5.26 Å². The highest BCUT2D eigenvalue weighted by molar-refractivity contribution is 7.19. The van der Waals surface area contributed by atoms with Crippen molar-refractivity contribution < 1.29 is 4.79 Å². The maximum Gasteiger partial charge on any atom is 0.174 e. The zero-order valence-corrected chi connectivity index (χ0v) is 13.6. The number of nitrogens with zero attached hydrogens (tertiary/aromatic N) is 2. The molecule has 0 amide bonds. The molecule has 0 radical (unpaired) electrons. The minimum absolute atomic E-state index is 0.0197. The highest BCUT2D eigenvalue weighted by Crippen LogP contribution is 2.39. The van der Waals surface area contributed by atoms with Gasteiger partial charge in [-0.05, 0) is 18.8 Å². The third kappa shape index (κ3) is 3.38. The molecule has 1 heterocycles. The summed E-state index contributed by atoms with van der Waals surface area (Å²) >= 11 is 1.37. The molecule has 0 unspecified atom stereocenters. The number of hydrogen-bond acceptors (Lipinski definition) is 5. The summed E-state index contributed by atoms with van der Waals surface area (Å²) in [7, 11) is 2.00. The normalized spacial score (nSPS) is 15.7. The molecule has 114 valence electrons. The monoisotopic (exact) mass is 305 g/mol. The van der Waals surface area contributed by atoms with Crippen LogP contribution in [0.1, 0.15) is 60.7 Å². The van der Waals surface area contributed by atoms with Crippen molar-refractivity contribution in [1.82, 2.24) is 0 Å². The molecule has 1 fully saturated rings. The summed E-state index contributed by atoms with van der Waals surface area (Å²) in [6.45, 7) is 2.76. The number of carbonyl (C=O) groups excluding carboxylic acids is 1. The third-order valence-electron chi connectivity index (χ3n) is 4.22. The van der Waals surface area contributed by atoms with Gasteiger partial charge in [-0.1, -0.05) is 26.2 Å². The zero-order valence-electron chi connectivity index (χ0n) is 12.8. The van der Waals surface area contributed by atoms with Gasteiger partial charge in [0.05, 0.1) is 10.6 Å². The first-order valence-electron chi connectivity index (χ1n) is 7.65. The number of carbonyl (C=O) groups is 1. The minimum atomic E-state index is 0.0197. The van der Waals surface area contributed by atoms with E-state index in [-0.39, 0.29) is 5.78 Å². The molecule has 0 atom stereocenters. The molecule has 0 aromatic carbocycles. The Morgan fingerprint density at radius 3 is 2.67 bits per heavy atom. The van der Waals surface area contributed by atoms with E-state index in [4.69, 9.17) is 5.73 Å². The molecule has 1 aliphatic rings. The lowest BCUT2D eigenvalue weighted by Gasteiger charge is -2.27. The average Bonchev–Trinajstić information content (AvgIpc) is 2.84. The summed E-state index contributed by atoms with van der Waals surface area (Å²) in [5.74, 6) is 0.704. The molecule has 5 heteroatoms. The van der Waals surface area contributed by atoms with Crippen molar-refractivity contribution in [2.75, 3.05) is 24.2 Å². The summed E-state index contributed by atoms with van der Waals surface area (Å²) < 4.78 is 0. The summed E-state index contributed by atoms with van der Waals surface area (Å²) in [5, 5.41) is 10.2. The predicted molar refractivity (Wildman–Crippen MR) is 87.9 cm³/mol. The molecule has 0 bridgehead atoms. The Labute approximate surface area is 130 Å². The topological polar surface area (TPSA) is 70.1 Å². The van der Waals surface area contributed by atoms with Crippen LogP contribution in [0.25, 0.3) is 0 Å². The van der Waals surface area contributed by atoms with Crippen LogP contribution >= 0.6 is 11.3 Å². The quantitative estimate of drug-likeness (QED) is 0.840. The van der Waals surface area contributed by atoms with E-state index in [1.54, 1.807) is 0 Å². The SMILES string of the molecule is CCC(=O)c1sc(N(C)CC2CCCCC2)c(C#N)c1N. The van der Waals surface area contributed by atoms with Crippen LogP contribution in [0.15, 0.2) is 0 Å². The van der Waals surface area contributed by atoms with Gasteiger partial charge in [0.2, 0.25) is 0 Å². The molecule has 0 spiro atoms. The van der Waals surface area contributed by atoms with Crippen molar-refractivity contribution in [3.63, 3.8) is 0 Å². The maximum atomic E-state index is 11.9. The molecule has 21 heavy (non-hydrogen) atoms. The average molecular weight is 305 g/mol. The van der Waals surface area contributed by atoms with Crippen LogP contribution in [0.2, 0.25) is 0 Å². The van der Waals surface area contributed by atoms with Gasteiger partial charge >= 0.3 is 0 Å². The second-order valence-corrected chi connectivity index (χ2v) is 6.80. The van der Waals surface area contributed by atoms with E-state index in [1.807, 2.05) is 14.0 Å². The summed E-state index contributed by atoms with van der Waals surface area (Å²) in [6.07, 6.45) is 6.87. The van der Waals surface area contributed by atoms with E-state index in [2.05, 4.69) is 11.0 Å². The largest absolute Gasteiger partial charge is 0.396 e. The van der Waals surface area contributed by atoms with Gasteiger partial charge in [0.15, 0.2) is 5.78 Å². The Kier molecular flexibility index (Phi) is 5.24. The molecule has 1 aliphatic carbocycles. The number of nitrogen functional groups attached to an aromatic ring is 1. The van der Waals surface area contributed by atoms with E-state index in [9.17, 15) is 10.1 Å². The van der Waals surface area contributed by atoms with Gasteiger partial charge in [-0.25, -0.2) is 0 Å². The highest BCUT2D eigenvalue weighted by atomic mass is 32.1. The first kappa shape index (κ1) is 15.8. The van der Waals surface area contributed by atoms with E-state index in [1.165, 1.54) is 43.4 Å². The molecular formula is C16H23N3OS. The molecule has 1 aromatic rings. The van der Waals surface area contributed by atoms with Gasteiger partial charge < -0.3 is 10.6 Å². The van der Waals surface area contributed by atoms with Crippen molar-refractivity contribution in [3.05, 3.63) is 10.4 Å². The van der Waals surface area contributed by atoms with Gasteiger partial charge in [-0.15, -0.1) is 11.3 Å². The number of ketones is 1. The molecule has 2 rings (SSSR count). The summed E-state index contributed by atoms with van der Waals surface area (Å²) in [5.41, 5.74) is 6.83. The van der Waals surface area contributed by atoms with E-state index in [0.717, 1.165) is 11.5 Å². The molecule has 0 saturated heterocycles. The number of anilines is 2. The number of nitrogens with two attached hydrogens (primary N) is 1. The van der Waals surface area contributed by atoms with Crippen molar-refractivity contribution in [3.8, 4) is 6.07 Å². The van der Waals surface area contributed by atoms with E-state index in [0.29, 0.717) is 28.5 Å². The lowest BCUT2D eigenvalue weighted by molar-refractivity contribution is 0.0993. The Bertz CT molecular complexity index is 553. The maximum absolute atomic E-state index is 11.9. The van der Waals surface area contributed by atoms with Crippen molar-refractivity contribution >= 4 is 27.8 Å². The second kappa shape index (κ2) is 6.95. The number of Topliss-reactive ketones (excluding diaryl/α,β-unsaturated/α-hetero) is 1. The first-order chi connectivity index (χ1) is 10.1. The van der Waals surface area contributed by atoms with Crippen LogP contribution in [0, 0.1) is 17.2 Å². The third-order valence-corrected chi connectivity index (χ3v) is 5.58. The molecule has 4 nitrogen and oxygen atoms in total. The smallest absolute Gasteiger partial charge is 0.174 e. The fourth-order valence-electron chi connectivity index (χ4n) is 3.02. The van der Waals surface area contributed by atoms with Crippen LogP contribution in [0.5, 0.6) is 0 Å². The van der Waals surface area contributed by atoms with Gasteiger partial charge in [-0.3, -0.25) is 4.79 Å². The van der Waals surface area contributed by atoms with Gasteiger partial charge in [0.25, 0.3) is 0 Å². The Balaban J connectivity index is 2.21. The summed E-state index contributed by atoms with van der Waals surface area (Å²) in [6, 6.07) is 2.17. The van der Waals surface area contributed by atoms with Gasteiger partial charge in [0, 0.05) is 20.0 Å². The number of rotatable bonds is 5. The lowest BCUT2D eigenvalue weighted by Crippen LogP contribution is -2.26. The van der Waals surface area contributed by atoms with Crippen LogP contribution < -0.4 is 10.6 Å². The van der Waals surface area contributed by atoms with E-state index >= 15 is 0 Å². The molecule has 1 saturated carbocycles. The molecule has 2 N–H and O–H groups in total. The minimum Gasteiger partial charge on any atom is -0.396 e. The van der Waals surface area contributed by atoms with Gasteiger partial charge in [0.1, 0.15) is 16.6 Å². The van der Waals surface area contributed by atoms with Crippen molar-refractivity contribution in [1.29, 1.82) is 5.26 Å². The predicted octanol–water partition coefficient (Wildman–Crippen LogP) is 3.81. The fourth-order valence-corrected chi connectivity index (χ4v) is 4.17. The second-order valence-electron chi connectivity index (χ2n) is 5.80. The number of thiophene rings is 1. The van der Waals surface area contributed by atoms with Crippen molar-refractivity contribution in [2.24, 2.45) is 5.92 Å². The van der Waals surface area contributed by atoms with Crippen LogP contribution in [0.3, 0.4) is 0 Å². The Hall–Kier alpha value is -1.54. The summed E-state index contributed by atoms with van der Waals surface area (Å²) in [4.78, 5) is 14.6. The number of nitriles is 1. The standard InChI is InChI=1S/C16H23N3OS/c1-3-13(20)15-14(18)12(9-17)16(21-15)19(2)10-11-7-5-4-6-8-11/h11H,3-8,10,18H2,1-2H3. The number of hydrogen-bond donors (Lipinski definition) is 1. The first-order valence-corrected chi connectivity index (χ1v) is 8.46. The fraction of sp³-hybridized carbons (Fsp3) is 0.625. The van der Waals surface area contributed by atoms with Crippen LogP contribution in [-0.4, -0.2) is 19.4 Å². The van der Waals surface area contributed by atoms with E-state index < -0.39 is 0 Å². The Morgan fingerprint density at radius 1 is 1.43 bits per heavy atom. The van der Waals surface area contributed by atoms with Crippen LogP contribution in [0.4, 0.5) is 10.7 Å². The van der Waals surface area contributed by atoms with Crippen molar-refractivity contribution in [2.45, 2.75) is 45.4 Å². The van der Waals surface area contributed by atoms with Crippen LogP contribution in [-0.2, 0) is 0 Å². The lowest BCUT2D eigenvalue weighted by atomic mass is 9.89. The highest BCUT2D eigenvalue weighted by Gasteiger charge is 2.24. The Morgan fingerprint density at radius 2 is 2.10 bits per heavy atom. The molecular weight excluding hydrogens is 282 g/mol. The zero-order chi connectivity index (χ0) is 15.4. The molecule has 1 aromatic heterocycles. The molecule has 0 aliphatic heterocycles.